The van der Waals surface area contributed by atoms with Crippen molar-refractivity contribution in [1.82, 2.24) is 4.98 Å². The van der Waals surface area contributed by atoms with Gasteiger partial charge in [0.25, 0.3) is 0 Å². The Morgan fingerprint density at radius 2 is 1.88 bits per heavy atom. The summed E-state index contributed by atoms with van der Waals surface area (Å²) >= 11 is 0. The molecule has 1 atom stereocenters. The van der Waals surface area contributed by atoms with Gasteiger partial charge in [-0.15, -0.1) is 10.2 Å². The van der Waals surface area contributed by atoms with Gasteiger partial charge in [-0.25, -0.2) is 9.55 Å². The molecular formula is C14H17N6O5P. The van der Waals surface area contributed by atoms with E-state index in [1.165, 1.54) is 37.3 Å². The topological polar surface area (TPSA) is 186 Å². The number of aromatic nitrogens is 1. The molecule has 2 rings (SSSR count). The van der Waals surface area contributed by atoms with Crippen molar-refractivity contribution in [1.29, 1.82) is 0 Å². The van der Waals surface area contributed by atoms with Gasteiger partial charge in [0.2, 0.25) is 5.91 Å². The Kier molecular flexibility index (Phi) is 6.01. The fourth-order valence-electron chi connectivity index (χ4n) is 1.71. The Morgan fingerprint density at radius 1 is 1.23 bits per heavy atom. The summed E-state index contributed by atoms with van der Waals surface area (Å²) < 4.78 is 15.5. The first-order chi connectivity index (χ1) is 12.2. The summed E-state index contributed by atoms with van der Waals surface area (Å²) in [6.07, 6.45) is 0. The first-order valence-electron chi connectivity index (χ1n) is 7.24. The minimum atomic E-state index is -4.74. The number of phosphoric acid groups is 1. The summed E-state index contributed by atoms with van der Waals surface area (Å²) in [6, 6.07) is 8.13. The van der Waals surface area contributed by atoms with E-state index >= 15 is 0 Å². The third-order valence-corrected chi connectivity index (χ3v) is 3.35. The van der Waals surface area contributed by atoms with Crippen LogP contribution in [0.5, 0.6) is 5.75 Å². The molecular weight excluding hydrogens is 363 g/mol. The third-order valence-electron chi connectivity index (χ3n) is 2.92. The van der Waals surface area contributed by atoms with Gasteiger partial charge in [0, 0.05) is 0 Å². The number of amides is 1. The number of para-hydroxylation sites is 1. The molecule has 12 heteroatoms. The highest BCUT2D eigenvalue weighted by molar-refractivity contribution is 7.46. The maximum atomic E-state index is 11.5. The van der Waals surface area contributed by atoms with E-state index < -0.39 is 19.8 Å². The van der Waals surface area contributed by atoms with E-state index in [4.69, 9.17) is 21.3 Å². The zero-order valence-electron chi connectivity index (χ0n) is 13.6. The molecule has 1 amide bonds. The number of nitrogens with one attached hydrogen (secondary N) is 1. The van der Waals surface area contributed by atoms with E-state index in [0.717, 1.165) is 0 Å². The molecule has 26 heavy (non-hydrogen) atoms. The van der Waals surface area contributed by atoms with Gasteiger partial charge >= 0.3 is 7.82 Å². The lowest BCUT2D eigenvalue weighted by Crippen LogP contribution is -2.32. The number of carbonyl (C=O) groups is 1. The lowest BCUT2D eigenvalue weighted by atomic mass is 10.3. The Morgan fingerprint density at radius 3 is 2.50 bits per heavy atom. The standard InChI is InChI=1S/C14H17N6O5P/c1-8(15)14(21)18-12-7-6-10(13(16)17-12)20-19-9-4-2-3-5-11(9)25-26(22,23)24/h2-8H,15H2,1H3,(H2,22,23,24)(H3,16,17,18,21)/t8-/m0/s1. The van der Waals surface area contributed by atoms with Crippen molar-refractivity contribution in [3.8, 4) is 5.75 Å². The highest BCUT2D eigenvalue weighted by atomic mass is 31.2. The van der Waals surface area contributed by atoms with Crippen LogP contribution in [0, 0.1) is 0 Å². The summed E-state index contributed by atoms with van der Waals surface area (Å²) in [7, 11) is -4.74. The van der Waals surface area contributed by atoms with Crippen LogP contribution in [0.3, 0.4) is 0 Å². The molecule has 11 nitrogen and oxygen atoms in total. The first-order valence-corrected chi connectivity index (χ1v) is 8.77. The predicted molar refractivity (Wildman–Crippen MR) is 94.2 cm³/mol. The van der Waals surface area contributed by atoms with E-state index in [0.29, 0.717) is 0 Å². The van der Waals surface area contributed by atoms with Crippen molar-refractivity contribution in [2.24, 2.45) is 16.0 Å². The van der Waals surface area contributed by atoms with Crippen molar-refractivity contribution < 1.29 is 23.7 Å². The Labute approximate surface area is 148 Å². The van der Waals surface area contributed by atoms with E-state index in [9.17, 15) is 9.36 Å². The minimum absolute atomic E-state index is 0.00962. The van der Waals surface area contributed by atoms with Crippen LogP contribution in [0.25, 0.3) is 0 Å². The molecule has 0 spiro atoms. The normalized spacial score (nSPS) is 12.8. The number of nitrogen functional groups attached to an aromatic ring is 1. The van der Waals surface area contributed by atoms with Gasteiger partial charge in [-0.05, 0) is 31.2 Å². The van der Waals surface area contributed by atoms with Crippen LogP contribution in [0.15, 0.2) is 46.6 Å². The van der Waals surface area contributed by atoms with Crippen molar-refractivity contribution in [2.75, 3.05) is 11.1 Å². The zero-order chi connectivity index (χ0) is 19.3. The number of hydrogen-bond acceptors (Lipinski definition) is 8. The predicted octanol–water partition coefficient (Wildman–Crippen LogP) is 1.84. The lowest BCUT2D eigenvalue weighted by molar-refractivity contribution is -0.117. The number of rotatable bonds is 6. The Balaban J connectivity index is 2.21. The summed E-state index contributed by atoms with van der Waals surface area (Å²) in [6.45, 7) is 1.53. The molecule has 0 radical (unpaired) electrons. The average Bonchev–Trinajstić information content (AvgIpc) is 2.54. The van der Waals surface area contributed by atoms with Crippen LogP contribution in [0.1, 0.15) is 6.92 Å². The Bertz CT molecular complexity index is 882. The second kappa shape index (κ2) is 8.02. The van der Waals surface area contributed by atoms with Crippen LogP contribution in [-0.2, 0) is 9.36 Å². The van der Waals surface area contributed by atoms with Gasteiger partial charge in [0.05, 0.1) is 6.04 Å². The van der Waals surface area contributed by atoms with Gasteiger partial charge < -0.3 is 21.3 Å². The molecule has 1 aromatic carbocycles. The summed E-state index contributed by atoms with van der Waals surface area (Å²) in [5.74, 6) is -0.370. The number of hydrogen-bond donors (Lipinski definition) is 5. The highest BCUT2D eigenvalue weighted by Gasteiger charge is 2.18. The van der Waals surface area contributed by atoms with Crippen molar-refractivity contribution in [3.63, 3.8) is 0 Å². The molecule has 0 bridgehead atoms. The van der Waals surface area contributed by atoms with E-state index in [-0.39, 0.29) is 28.8 Å². The van der Waals surface area contributed by atoms with E-state index in [2.05, 4.69) is 25.1 Å². The van der Waals surface area contributed by atoms with Gasteiger partial charge in [-0.3, -0.25) is 14.6 Å². The number of benzene rings is 1. The monoisotopic (exact) mass is 380 g/mol. The molecule has 1 aromatic heterocycles. The second-order valence-corrected chi connectivity index (χ2v) is 6.29. The third kappa shape index (κ3) is 5.60. The van der Waals surface area contributed by atoms with Crippen LogP contribution < -0.4 is 21.3 Å². The van der Waals surface area contributed by atoms with Crippen LogP contribution in [-0.4, -0.2) is 26.7 Å². The Hall–Kier alpha value is -2.85. The molecule has 7 N–H and O–H groups in total. The lowest BCUT2D eigenvalue weighted by Gasteiger charge is -2.09. The van der Waals surface area contributed by atoms with Crippen molar-refractivity contribution in [2.45, 2.75) is 13.0 Å². The fraction of sp³-hybridized carbons (Fsp3) is 0.143. The number of carbonyl (C=O) groups excluding carboxylic acids is 1. The van der Waals surface area contributed by atoms with Gasteiger partial charge in [-0.2, -0.15) is 0 Å². The molecule has 0 aliphatic carbocycles. The van der Waals surface area contributed by atoms with Crippen LogP contribution in [0.4, 0.5) is 23.0 Å². The SMILES string of the molecule is C[C@H](N)C(=O)Nc1ccc(N=Nc2ccccc2OP(=O)(O)O)c(N)n1. The molecule has 2 aromatic rings. The maximum absolute atomic E-state index is 11.5. The molecule has 0 saturated heterocycles. The molecule has 0 saturated carbocycles. The molecule has 138 valence electrons. The molecule has 0 aliphatic heterocycles. The number of anilines is 2. The quantitative estimate of drug-likeness (QED) is 0.371. The number of pyridine rings is 1. The van der Waals surface area contributed by atoms with Gasteiger partial charge in [0.15, 0.2) is 11.6 Å². The second-order valence-electron chi connectivity index (χ2n) is 5.13. The first kappa shape index (κ1) is 19.5. The van der Waals surface area contributed by atoms with Gasteiger partial charge in [-0.1, -0.05) is 12.1 Å². The number of azo groups is 1. The number of phosphoric ester groups is 1. The van der Waals surface area contributed by atoms with Crippen molar-refractivity contribution in [3.05, 3.63) is 36.4 Å². The summed E-state index contributed by atoms with van der Waals surface area (Å²) in [4.78, 5) is 33.3. The highest BCUT2D eigenvalue weighted by Crippen LogP contribution is 2.42. The van der Waals surface area contributed by atoms with Crippen molar-refractivity contribution >= 4 is 36.7 Å². The van der Waals surface area contributed by atoms with Gasteiger partial charge in [0.1, 0.15) is 17.2 Å². The van der Waals surface area contributed by atoms with E-state index in [1.807, 2.05) is 0 Å². The van der Waals surface area contributed by atoms with E-state index in [1.54, 1.807) is 6.07 Å². The summed E-state index contributed by atoms with van der Waals surface area (Å²) in [5.41, 5.74) is 11.5. The largest absolute Gasteiger partial charge is 0.524 e. The maximum Gasteiger partial charge on any atom is 0.524 e. The number of nitrogens with two attached hydrogens (primary N) is 2. The summed E-state index contributed by atoms with van der Waals surface area (Å²) in [5, 5.41) is 10.2. The average molecular weight is 380 g/mol. The molecule has 0 aliphatic rings. The van der Waals surface area contributed by atoms with Crippen LogP contribution >= 0.6 is 7.82 Å². The minimum Gasteiger partial charge on any atom is -0.402 e. The number of nitrogens with zero attached hydrogens (tertiary/aromatic N) is 3. The molecule has 0 fully saturated rings. The smallest absolute Gasteiger partial charge is 0.402 e. The zero-order valence-corrected chi connectivity index (χ0v) is 14.5. The molecule has 1 heterocycles. The molecule has 0 unspecified atom stereocenters. The fourth-order valence-corrected chi connectivity index (χ4v) is 2.13. The van der Waals surface area contributed by atoms with Crippen LogP contribution in [0.2, 0.25) is 0 Å².